The van der Waals surface area contributed by atoms with Crippen molar-refractivity contribution in [2.45, 2.75) is 25.3 Å². The van der Waals surface area contributed by atoms with Crippen LogP contribution in [0.2, 0.25) is 0 Å². The summed E-state index contributed by atoms with van der Waals surface area (Å²) in [6, 6.07) is 7.49. The molecule has 1 aliphatic heterocycles. The number of para-hydroxylation sites is 1. The second-order valence-electron chi connectivity index (χ2n) is 6.44. The summed E-state index contributed by atoms with van der Waals surface area (Å²) < 4.78 is 1.61. The van der Waals surface area contributed by atoms with Gasteiger partial charge in [-0.25, -0.2) is 0 Å². The maximum absolute atomic E-state index is 13.0. The van der Waals surface area contributed by atoms with Gasteiger partial charge in [-0.1, -0.05) is 18.2 Å². The zero-order valence-corrected chi connectivity index (χ0v) is 14.0. The summed E-state index contributed by atoms with van der Waals surface area (Å²) in [6.07, 6.45) is 5.34. The minimum absolute atomic E-state index is 0.0182. The van der Waals surface area contributed by atoms with Crippen molar-refractivity contribution in [2.24, 2.45) is 7.05 Å². The van der Waals surface area contributed by atoms with Gasteiger partial charge in [0.25, 0.3) is 5.91 Å². The fourth-order valence-electron chi connectivity index (χ4n) is 3.47. The van der Waals surface area contributed by atoms with Crippen LogP contribution in [0.4, 0.5) is 0 Å². The molecule has 4 rings (SSSR count). The largest absolute Gasteiger partial charge is 0.334 e. The molecule has 0 bridgehead atoms. The molecule has 1 atom stereocenters. The van der Waals surface area contributed by atoms with Crippen LogP contribution in [0.3, 0.4) is 0 Å². The Labute approximate surface area is 144 Å². The van der Waals surface area contributed by atoms with Crippen molar-refractivity contribution >= 4 is 22.6 Å². The van der Waals surface area contributed by atoms with Gasteiger partial charge in [0.05, 0.1) is 17.3 Å². The fourth-order valence-corrected chi connectivity index (χ4v) is 3.47. The quantitative estimate of drug-likeness (QED) is 0.740. The number of benzene rings is 1. The van der Waals surface area contributed by atoms with Crippen LogP contribution in [-0.4, -0.2) is 49.2 Å². The minimum atomic E-state index is -0.112. The van der Waals surface area contributed by atoms with Crippen molar-refractivity contribution in [3.05, 3.63) is 47.9 Å². The molecule has 128 valence electrons. The number of aromatic nitrogens is 4. The van der Waals surface area contributed by atoms with Gasteiger partial charge in [0.1, 0.15) is 0 Å². The van der Waals surface area contributed by atoms with Gasteiger partial charge in [0.15, 0.2) is 11.5 Å². The van der Waals surface area contributed by atoms with E-state index in [1.54, 1.807) is 29.0 Å². The van der Waals surface area contributed by atoms with E-state index >= 15 is 0 Å². The second kappa shape index (κ2) is 6.16. The summed E-state index contributed by atoms with van der Waals surface area (Å²) in [6.45, 7) is 0.658. The molecule has 0 radical (unpaired) electrons. The number of nitrogens with zero attached hydrogens (tertiary/aromatic N) is 4. The standard InChI is InChI=1S/C18H19N5O2/c1-22-11-12(10-19-22)16(24)9-13-5-4-8-23(13)18(25)17-14-6-2-3-7-15(14)20-21-17/h2-3,6-7,10-11,13H,4-5,8-9H2,1H3,(H,20,21)/t13-/m0/s1. The smallest absolute Gasteiger partial charge is 0.275 e. The molecule has 0 aliphatic carbocycles. The Morgan fingerprint density at radius 1 is 1.32 bits per heavy atom. The first-order valence-corrected chi connectivity index (χ1v) is 8.39. The van der Waals surface area contributed by atoms with Crippen molar-refractivity contribution in [1.82, 2.24) is 24.9 Å². The number of ketones is 1. The monoisotopic (exact) mass is 337 g/mol. The van der Waals surface area contributed by atoms with E-state index in [2.05, 4.69) is 15.3 Å². The van der Waals surface area contributed by atoms with Crippen LogP contribution in [0.1, 0.15) is 40.1 Å². The highest BCUT2D eigenvalue weighted by Crippen LogP contribution is 2.25. The zero-order valence-electron chi connectivity index (χ0n) is 14.0. The molecule has 1 aromatic carbocycles. The van der Waals surface area contributed by atoms with Crippen molar-refractivity contribution in [1.29, 1.82) is 0 Å². The molecule has 3 heterocycles. The van der Waals surface area contributed by atoms with E-state index < -0.39 is 0 Å². The molecule has 0 spiro atoms. The third kappa shape index (κ3) is 2.82. The van der Waals surface area contributed by atoms with Crippen LogP contribution in [0.5, 0.6) is 0 Å². The third-order valence-electron chi connectivity index (χ3n) is 4.76. The number of nitrogens with one attached hydrogen (secondary N) is 1. The van der Waals surface area contributed by atoms with E-state index in [1.807, 2.05) is 24.3 Å². The van der Waals surface area contributed by atoms with Gasteiger partial charge in [-0.3, -0.25) is 19.4 Å². The fraction of sp³-hybridized carbons (Fsp3) is 0.333. The first kappa shape index (κ1) is 15.6. The number of Topliss-reactive ketones (excluding diaryl/α,β-unsaturated/α-hetero) is 1. The molecule has 1 aliphatic rings. The lowest BCUT2D eigenvalue weighted by Gasteiger charge is -2.23. The summed E-state index contributed by atoms with van der Waals surface area (Å²) in [4.78, 5) is 27.2. The normalized spacial score (nSPS) is 17.3. The predicted octanol–water partition coefficient (Wildman–Crippen LogP) is 2.17. The van der Waals surface area contributed by atoms with Crippen LogP contribution >= 0.6 is 0 Å². The number of aromatic amines is 1. The molecule has 2 aromatic heterocycles. The predicted molar refractivity (Wildman–Crippen MR) is 92.3 cm³/mol. The average Bonchev–Trinajstić information content (AvgIpc) is 3.33. The summed E-state index contributed by atoms with van der Waals surface area (Å²) in [5, 5.41) is 12.0. The van der Waals surface area contributed by atoms with E-state index in [0.717, 1.165) is 23.7 Å². The lowest BCUT2D eigenvalue weighted by molar-refractivity contribution is 0.0713. The number of rotatable bonds is 4. The van der Waals surface area contributed by atoms with E-state index in [4.69, 9.17) is 0 Å². The lowest BCUT2D eigenvalue weighted by Crippen LogP contribution is -2.37. The first-order valence-electron chi connectivity index (χ1n) is 8.39. The van der Waals surface area contributed by atoms with Crippen molar-refractivity contribution in [2.75, 3.05) is 6.54 Å². The van der Waals surface area contributed by atoms with Crippen LogP contribution in [0.15, 0.2) is 36.7 Å². The maximum atomic E-state index is 13.0. The Morgan fingerprint density at radius 2 is 2.16 bits per heavy atom. The van der Waals surface area contributed by atoms with E-state index in [1.165, 1.54) is 0 Å². The number of fused-ring (bicyclic) bond motifs is 1. The van der Waals surface area contributed by atoms with E-state index in [9.17, 15) is 9.59 Å². The molecule has 0 saturated carbocycles. The molecule has 1 amide bonds. The Kier molecular flexibility index (Phi) is 3.83. The molecule has 7 nitrogen and oxygen atoms in total. The number of hydrogen-bond acceptors (Lipinski definition) is 4. The number of aryl methyl sites for hydroxylation is 1. The van der Waals surface area contributed by atoms with Crippen molar-refractivity contribution in [3.8, 4) is 0 Å². The van der Waals surface area contributed by atoms with Crippen LogP contribution in [-0.2, 0) is 7.05 Å². The zero-order chi connectivity index (χ0) is 17.4. The van der Waals surface area contributed by atoms with Gasteiger partial charge in [0, 0.05) is 37.6 Å². The van der Waals surface area contributed by atoms with Crippen molar-refractivity contribution in [3.63, 3.8) is 0 Å². The Balaban J connectivity index is 1.55. The molecule has 1 fully saturated rings. The Hall–Kier alpha value is -2.96. The summed E-state index contributed by atoms with van der Waals surface area (Å²) in [7, 11) is 1.78. The minimum Gasteiger partial charge on any atom is -0.334 e. The average molecular weight is 337 g/mol. The molecule has 0 unspecified atom stereocenters. The highest BCUT2D eigenvalue weighted by atomic mass is 16.2. The highest BCUT2D eigenvalue weighted by molar-refractivity contribution is 6.05. The number of hydrogen-bond donors (Lipinski definition) is 1. The number of likely N-dealkylation sites (tertiary alicyclic amines) is 1. The Morgan fingerprint density at radius 3 is 2.96 bits per heavy atom. The number of carbonyl (C=O) groups excluding carboxylic acids is 2. The maximum Gasteiger partial charge on any atom is 0.275 e. The number of H-pyrrole nitrogens is 1. The molecule has 7 heteroatoms. The summed E-state index contributed by atoms with van der Waals surface area (Å²) in [5.41, 5.74) is 1.86. The SMILES string of the molecule is Cn1cc(C(=O)C[C@@H]2CCCN2C(=O)c2n[nH]c3ccccc23)cn1. The molecule has 1 N–H and O–H groups in total. The molecule has 25 heavy (non-hydrogen) atoms. The summed E-state index contributed by atoms with van der Waals surface area (Å²) in [5.74, 6) is -0.0939. The third-order valence-corrected chi connectivity index (χ3v) is 4.76. The van der Waals surface area contributed by atoms with E-state index in [-0.39, 0.29) is 17.7 Å². The van der Waals surface area contributed by atoms with Crippen LogP contribution in [0, 0.1) is 0 Å². The lowest BCUT2D eigenvalue weighted by atomic mass is 10.0. The molecule has 1 saturated heterocycles. The van der Waals surface area contributed by atoms with Gasteiger partial charge >= 0.3 is 0 Å². The Bertz CT molecular complexity index is 942. The van der Waals surface area contributed by atoms with Crippen molar-refractivity contribution < 1.29 is 9.59 Å². The van der Waals surface area contributed by atoms with E-state index in [0.29, 0.717) is 24.2 Å². The molecule has 3 aromatic rings. The van der Waals surface area contributed by atoms with Crippen LogP contribution < -0.4 is 0 Å². The van der Waals surface area contributed by atoms with Gasteiger partial charge in [-0.05, 0) is 18.9 Å². The van der Waals surface area contributed by atoms with Gasteiger partial charge < -0.3 is 4.90 Å². The highest BCUT2D eigenvalue weighted by Gasteiger charge is 2.33. The topological polar surface area (TPSA) is 83.9 Å². The van der Waals surface area contributed by atoms with Crippen LogP contribution in [0.25, 0.3) is 10.9 Å². The number of amides is 1. The molecular formula is C18H19N5O2. The second-order valence-corrected chi connectivity index (χ2v) is 6.44. The van der Waals surface area contributed by atoms with Gasteiger partial charge in [0.2, 0.25) is 0 Å². The first-order chi connectivity index (χ1) is 12.1. The van der Waals surface area contributed by atoms with Gasteiger partial charge in [-0.15, -0.1) is 0 Å². The van der Waals surface area contributed by atoms with Gasteiger partial charge in [-0.2, -0.15) is 10.2 Å². The molecular weight excluding hydrogens is 318 g/mol. The summed E-state index contributed by atoms with van der Waals surface area (Å²) >= 11 is 0. The number of carbonyl (C=O) groups is 2.